The highest BCUT2D eigenvalue weighted by Gasteiger charge is 2.08. The van der Waals surface area contributed by atoms with Gasteiger partial charge in [0.05, 0.1) is 5.69 Å². The Morgan fingerprint density at radius 2 is 2.19 bits per heavy atom. The van der Waals surface area contributed by atoms with E-state index in [0.29, 0.717) is 6.42 Å². The third-order valence-electron chi connectivity index (χ3n) is 2.74. The van der Waals surface area contributed by atoms with Crippen LogP contribution in [0.2, 0.25) is 0 Å². The lowest BCUT2D eigenvalue weighted by Gasteiger charge is -2.04. The first-order chi connectivity index (χ1) is 7.65. The summed E-state index contributed by atoms with van der Waals surface area (Å²) in [7, 11) is 0. The minimum absolute atomic E-state index is 0.133. The van der Waals surface area contributed by atoms with Crippen LogP contribution in [0.15, 0.2) is 0 Å². The van der Waals surface area contributed by atoms with Crippen molar-refractivity contribution in [2.24, 2.45) is 0 Å². The number of aromatic amines is 1. The summed E-state index contributed by atoms with van der Waals surface area (Å²) in [6.45, 7) is 6.86. The monoisotopic (exact) mass is 223 g/mol. The lowest BCUT2D eigenvalue weighted by molar-refractivity contribution is -0.121. The number of nitrogens with one attached hydrogen (secondary N) is 2. The van der Waals surface area contributed by atoms with Crippen LogP contribution in [0, 0.1) is 13.8 Å². The quantitative estimate of drug-likeness (QED) is 0.723. The van der Waals surface area contributed by atoms with Crippen LogP contribution in [-0.2, 0) is 11.2 Å². The second-order valence-electron chi connectivity index (χ2n) is 4.12. The molecule has 0 unspecified atom stereocenters. The van der Waals surface area contributed by atoms with Crippen LogP contribution in [0.5, 0.6) is 0 Å². The van der Waals surface area contributed by atoms with Gasteiger partial charge in [-0.1, -0.05) is 13.3 Å². The standard InChI is InChI=1S/C12H21N3O/c1-4-5-8-13-12(16)7-6-11-9(2)14-15-10(11)3/h4-8H2,1-3H3,(H,13,16)(H,14,15). The number of unbranched alkanes of at least 4 members (excludes halogenated alkanes) is 1. The summed E-state index contributed by atoms with van der Waals surface area (Å²) in [6.07, 6.45) is 3.48. The van der Waals surface area contributed by atoms with Gasteiger partial charge in [0.15, 0.2) is 0 Å². The Morgan fingerprint density at radius 1 is 1.44 bits per heavy atom. The van der Waals surface area contributed by atoms with E-state index in [2.05, 4.69) is 22.4 Å². The van der Waals surface area contributed by atoms with Crippen LogP contribution in [0.3, 0.4) is 0 Å². The molecule has 0 aromatic carbocycles. The second-order valence-corrected chi connectivity index (χ2v) is 4.12. The molecule has 0 saturated carbocycles. The van der Waals surface area contributed by atoms with Crippen LogP contribution in [0.25, 0.3) is 0 Å². The Labute approximate surface area is 96.8 Å². The molecule has 0 fully saturated rings. The van der Waals surface area contributed by atoms with Crippen LogP contribution in [-0.4, -0.2) is 22.6 Å². The van der Waals surface area contributed by atoms with E-state index < -0.39 is 0 Å². The molecule has 0 bridgehead atoms. The van der Waals surface area contributed by atoms with E-state index in [0.717, 1.165) is 37.2 Å². The Hall–Kier alpha value is -1.32. The third-order valence-corrected chi connectivity index (χ3v) is 2.74. The number of rotatable bonds is 6. The highest BCUT2D eigenvalue weighted by molar-refractivity contribution is 5.76. The molecule has 90 valence electrons. The number of amides is 1. The lowest BCUT2D eigenvalue weighted by Crippen LogP contribution is -2.24. The minimum atomic E-state index is 0.133. The highest BCUT2D eigenvalue weighted by atomic mass is 16.1. The van der Waals surface area contributed by atoms with Gasteiger partial charge in [0.2, 0.25) is 5.91 Å². The van der Waals surface area contributed by atoms with Crippen molar-refractivity contribution in [2.45, 2.75) is 46.5 Å². The van der Waals surface area contributed by atoms with Crippen molar-refractivity contribution in [3.05, 3.63) is 17.0 Å². The zero-order chi connectivity index (χ0) is 12.0. The number of carbonyl (C=O) groups excluding carboxylic acids is 1. The third kappa shape index (κ3) is 3.68. The summed E-state index contributed by atoms with van der Waals surface area (Å²) < 4.78 is 0. The predicted molar refractivity (Wildman–Crippen MR) is 64.3 cm³/mol. The van der Waals surface area contributed by atoms with Gasteiger partial charge in [0.25, 0.3) is 0 Å². The van der Waals surface area contributed by atoms with Crippen LogP contribution in [0.1, 0.15) is 43.1 Å². The van der Waals surface area contributed by atoms with Crippen molar-refractivity contribution < 1.29 is 4.79 Å². The molecule has 0 spiro atoms. The molecule has 4 nitrogen and oxygen atoms in total. The van der Waals surface area contributed by atoms with E-state index >= 15 is 0 Å². The molecule has 1 aromatic heterocycles. The number of hydrogen-bond acceptors (Lipinski definition) is 2. The molecule has 0 aliphatic heterocycles. The molecule has 0 atom stereocenters. The Balaban J connectivity index is 2.32. The molecule has 0 saturated heterocycles. The van der Waals surface area contributed by atoms with Crippen LogP contribution >= 0.6 is 0 Å². The van der Waals surface area contributed by atoms with Crippen LogP contribution < -0.4 is 5.32 Å². The molecule has 1 aromatic rings. The van der Waals surface area contributed by atoms with Gasteiger partial charge in [-0.25, -0.2) is 0 Å². The van der Waals surface area contributed by atoms with E-state index in [9.17, 15) is 4.79 Å². The molecule has 2 N–H and O–H groups in total. The van der Waals surface area contributed by atoms with Crippen molar-refractivity contribution in [1.29, 1.82) is 0 Å². The summed E-state index contributed by atoms with van der Waals surface area (Å²) in [6, 6.07) is 0. The first kappa shape index (κ1) is 12.7. The number of H-pyrrole nitrogens is 1. The number of aryl methyl sites for hydroxylation is 2. The van der Waals surface area contributed by atoms with Gasteiger partial charge >= 0.3 is 0 Å². The van der Waals surface area contributed by atoms with Crippen LogP contribution in [0.4, 0.5) is 0 Å². The normalized spacial score (nSPS) is 10.4. The van der Waals surface area contributed by atoms with Gasteiger partial charge in [0, 0.05) is 18.7 Å². The number of hydrogen-bond donors (Lipinski definition) is 2. The molecule has 0 aliphatic carbocycles. The van der Waals surface area contributed by atoms with E-state index in [4.69, 9.17) is 0 Å². The first-order valence-corrected chi connectivity index (χ1v) is 5.92. The highest BCUT2D eigenvalue weighted by Crippen LogP contribution is 2.11. The van der Waals surface area contributed by atoms with Gasteiger partial charge in [0.1, 0.15) is 0 Å². The van der Waals surface area contributed by atoms with Crippen molar-refractivity contribution >= 4 is 5.91 Å². The summed E-state index contributed by atoms with van der Waals surface area (Å²) in [5, 5.41) is 9.96. The molecule has 16 heavy (non-hydrogen) atoms. The molecule has 1 rings (SSSR count). The molecule has 0 radical (unpaired) electrons. The number of aromatic nitrogens is 2. The summed E-state index contributed by atoms with van der Waals surface area (Å²) in [5.41, 5.74) is 3.24. The first-order valence-electron chi connectivity index (χ1n) is 5.92. The number of nitrogens with zero attached hydrogens (tertiary/aromatic N) is 1. The summed E-state index contributed by atoms with van der Waals surface area (Å²) >= 11 is 0. The predicted octanol–water partition coefficient (Wildman–Crippen LogP) is 1.88. The largest absolute Gasteiger partial charge is 0.356 e. The fourth-order valence-corrected chi connectivity index (χ4v) is 1.67. The van der Waals surface area contributed by atoms with Gasteiger partial charge in [-0.2, -0.15) is 5.10 Å². The average molecular weight is 223 g/mol. The van der Waals surface area contributed by atoms with Crippen molar-refractivity contribution in [2.75, 3.05) is 6.54 Å². The van der Waals surface area contributed by atoms with E-state index in [1.54, 1.807) is 0 Å². The van der Waals surface area contributed by atoms with E-state index in [-0.39, 0.29) is 5.91 Å². The summed E-state index contributed by atoms with van der Waals surface area (Å²) in [5.74, 6) is 0.133. The second kappa shape index (κ2) is 6.30. The number of carbonyl (C=O) groups is 1. The maximum Gasteiger partial charge on any atom is 0.220 e. The smallest absolute Gasteiger partial charge is 0.220 e. The van der Waals surface area contributed by atoms with Gasteiger partial charge in [-0.05, 0) is 32.3 Å². The molecular formula is C12H21N3O. The maximum absolute atomic E-state index is 11.5. The molecule has 0 aliphatic rings. The zero-order valence-electron chi connectivity index (χ0n) is 10.4. The fraction of sp³-hybridized carbons (Fsp3) is 0.667. The average Bonchev–Trinajstić information content (AvgIpc) is 2.57. The van der Waals surface area contributed by atoms with E-state index in [1.807, 2.05) is 13.8 Å². The Morgan fingerprint density at radius 3 is 2.75 bits per heavy atom. The minimum Gasteiger partial charge on any atom is -0.356 e. The van der Waals surface area contributed by atoms with E-state index in [1.165, 1.54) is 5.56 Å². The van der Waals surface area contributed by atoms with Crippen molar-refractivity contribution in [3.63, 3.8) is 0 Å². The molecule has 1 heterocycles. The van der Waals surface area contributed by atoms with Gasteiger partial charge < -0.3 is 5.32 Å². The zero-order valence-corrected chi connectivity index (χ0v) is 10.4. The molecule has 4 heteroatoms. The SMILES string of the molecule is CCCCNC(=O)CCc1c(C)n[nH]c1C. The van der Waals surface area contributed by atoms with Crippen molar-refractivity contribution in [3.8, 4) is 0 Å². The molecular weight excluding hydrogens is 202 g/mol. The Bertz CT molecular complexity index is 325. The van der Waals surface area contributed by atoms with Gasteiger partial charge in [-0.15, -0.1) is 0 Å². The fourth-order valence-electron chi connectivity index (χ4n) is 1.67. The topological polar surface area (TPSA) is 57.8 Å². The Kier molecular flexibility index (Phi) is 5.02. The van der Waals surface area contributed by atoms with Crippen molar-refractivity contribution in [1.82, 2.24) is 15.5 Å². The maximum atomic E-state index is 11.5. The van der Waals surface area contributed by atoms with Gasteiger partial charge in [-0.3, -0.25) is 9.89 Å². The summed E-state index contributed by atoms with van der Waals surface area (Å²) in [4.78, 5) is 11.5. The lowest BCUT2D eigenvalue weighted by atomic mass is 10.1. The molecule has 1 amide bonds.